The van der Waals surface area contributed by atoms with Crippen molar-refractivity contribution in [3.8, 4) is 6.07 Å². The number of esters is 2. The van der Waals surface area contributed by atoms with Crippen molar-refractivity contribution >= 4 is 28.7 Å². The summed E-state index contributed by atoms with van der Waals surface area (Å²) in [6.45, 7) is 0. The van der Waals surface area contributed by atoms with E-state index in [-0.39, 0.29) is 22.7 Å². The lowest BCUT2D eigenvalue weighted by molar-refractivity contribution is -0.139. The predicted molar refractivity (Wildman–Crippen MR) is 147 cm³/mol. The van der Waals surface area contributed by atoms with Crippen molar-refractivity contribution in [1.29, 1.82) is 5.26 Å². The number of rotatable bonds is 7. The fraction of sp³-hybridized carbons (Fsp3) is 0.161. The molecule has 40 heavy (non-hydrogen) atoms. The van der Waals surface area contributed by atoms with Gasteiger partial charge in [-0.05, 0) is 35.7 Å². The van der Waals surface area contributed by atoms with Crippen LogP contribution in [0.4, 0.5) is 5.69 Å². The number of ether oxygens (including phenoxy) is 2. The molecule has 1 aliphatic rings. The van der Waals surface area contributed by atoms with E-state index in [9.17, 15) is 14.9 Å². The molecule has 2 N–H and O–H groups in total. The highest BCUT2D eigenvalue weighted by Gasteiger charge is 2.43. The smallest absolute Gasteiger partial charge is 0.355 e. The first kappa shape index (κ1) is 26.3. The Kier molecular flexibility index (Phi) is 7.33. The normalized spacial score (nSPS) is 15.2. The minimum atomic E-state index is -0.940. The molecule has 200 valence electrons. The summed E-state index contributed by atoms with van der Waals surface area (Å²) < 4.78 is 16.1. The maximum Gasteiger partial charge on any atom is 0.355 e. The summed E-state index contributed by atoms with van der Waals surface area (Å²) in [6, 6.07) is 26.1. The zero-order chi connectivity index (χ0) is 28.2. The van der Waals surface area contributed by atoms with Gasteiger partial charge >= 0.3 is 11.9 Å². The number of nitriles is 1. The van der Waals surface area contributed by atoms with Crippen molar-refractivity contribution in [2.75, 3.05) is 19.1 Å². The minimum absolute atomic E-state index is 0.0171. The van der Waals surface area contributed by atoms with Gasteiger partial charge in [-0.3, -0.25) is 4.90 Å². The van der Waals surface area contributed by atoms with Gasteiger partial charge < -0.3 is 19.6 Å². The van der Waals surface area contributed by atoms with Crippen LogP contribution in [0.25, 0.3) is 11.1 Å². The second-order valence-corrected chi connectivity index (χ2v) is 9.08. The maximum atomic E-state index is 13.3. The molecule has 1 atom stereocenters. The summed E-state index contributed by atoms with van der Waals surface area (Å²) >= 11 is 0. The van der Waals surface area contributed by atoms with Crippen LogP contribution in [-0.4, -0.2) is 31.1 Å². The van der Waals surface area contributed by atoms with Gasteiger partial charge in [0, 0.05) is 6.42 Å². The van der Waals surface area contributed by atoms with Gasteiger partial charge in [0.1, 0.15) is 17.0 Å². The Morgan fingerprint density at radius 3 is 2.30 bits per heavy atom. The molecule has 0 radical (unpaired) electrons. The molecule has 1 aromatic heterocycles. The highest BCUT2D eigenvalue weighted by atomic mass is 16.5. The van der Waals surface area contributed by atoms with E-state index in [0.717, 1.165) is 12.0 Å². The van der Waals surface area contributed by atoms with Crippen molar-refractivity contribution in [1.82, 2.24) is 4.98 Å². The number of carbonyl (C=O) groups is 2. The molecular weight excluding hydrogens is 508 g/mol. The van der Waals surface area contributed by atoms with E-state index in [4.69, 9.17) is 19.6 Å². The van der Waals surface area contributed by atoms with Gasteiger partial charge in [0.25, 0.3) is 0 Å². The topological polar surface area (TPSA) is 132 Å². The standard InChI is InChI=1S/C31H26N4O5/c1-38-30(36)27-26(20-11-7-4-8-12-20)22(18-32)29(33)35(28(27)31(37)39-2)21-14-15-24-23(17-21)34-25(40-24)16-13-19-9-5-3-6-10-19/h3-12,14-15,17,26H,13,16,33H2,1-2H3. The summed E-state index contributed by atoms with van der Waals surface area (Å²) in [5, 5.41) is 10.2. The molecule has 5 rings (SSSR count). The summed E-state index contributed by atoms with van der Waals surface area (Å²) in [4.78, 5) is 32.5. The number of allylic oxidation sites excluding steroid dienone is 1. The summed E-state index contributed by atoms with van der Waals surface area (Å²) in [6.07, 6.45) is 1.35. The number of aromatic nitrogens is 1. The largest absolute Gasteiger partial charge is 0.466 e. The van der Waals surface area contributed by atoms with E-state index in [1.807, 2.05) is 36.4 Å². The van der Waals surface area contributed by atoms with Gasteiger partial charge in [-0.2, -0.15) is 5.26 Å². The first-order valence-corrected chi connectivity index (χ1v) is 12.6. The minimum Gasteiger partial charge on any atom is -0.466 e. The molecule has 0 spiro atoms. The summed E-state index contributed by atoms with van der Waals surface area (Å²) in [5.41, 5.74) is 9.70. The van der Waals surface area contributed by atoms with Crippen LogP contribution < -0.4 is 10.6 Å². The molecule has 9 nitrogen and oxygen atoms in total. The van der Waals surface area contributed by atoms with Gasteiger partial charge in [0.15, 0.2) is 11.5 Å². The number of hydrogen-bond donors (Lipinski definition) is 1. The molecule has 0 saturated carbocycles. The van der Waals surface area contributed by atoms with Crippen molar-refractivity contribution in [2.24, 2.45) is 5.73 Å². The number of anilines is 1. The van der Waals surface area contributed by atoms with Crippen LogP contribution >= 0.6 is 0 Å². The molecule has 4 aromatic rings. The number of methoxy groups -OCH3 is 2. The van der Waals surface area contributed by atoms with Crippen molar-refractivity contribution in [2.45, 2.75) is 18.8 Å². The van der Waals surface area contributed by atoms with Crippen LogP contribution in [0.5, 0.6) is 0 Å². The summed E-state index contributed by atoms with van der Waals surface area (Å²) in [5.74, 6) is -2.00. The fourth-order valence-electron chi connectivity index (χ4n) is 4.89. The monoisotopic (exact) mass is 534 g/mol. The first-order chi connectivity index (χ1) is 19.5. The second-order valence-electron chi connectivity index (χ2n) is 9.08. The average molecular weight is 535 g/mol. The van der Waals surface area contributed by atoms with Gasteiger partial charge in [0.2, 0.25) is 0 Å². The summed E-state index contributed by atoms with van der Waals surface area (Å²) in [7, 11) is 2.42. The number of oxazole rings is 1. The first-order valence-electron chi connectivity index (χ1n) is 12.6. The Balaban J connectivity index is 1.63. The Morgan fingerprint density at radius 2 is 1.65 bits per heavy atom. The van der Waals surface area contributed by atoms with E-state index in [2.05, 4.69) is 11.1 Å². The third kappa shape index (κ3) is 4.78. The molecule has 0 fully saturated rings. The van der Waals surface area contributed by atoms with Crippen LogP contribution in [0.3, 0.4) is 0 Å². The molecule has 3 aromatic carbocycles. The molecule has 0 aliphatic carbocycles. The molecule has 9 heteroatoms. The van der Waals surface area contributed by atoms with E-state index >= 15 is 0 Å². The number of aryl methyl sites for hydroxylation is 2. The fourth-order valence-corrected chi connectivity index (χ4v) is 4.89. The lowest BCUT2D eigenvalue weighted by atomic mass is 9.81. The third-order valence-corrected chi connectivity index (χ3v) is 6.75. The molecule has 0 amide bonds. The molecule has 0 bridgehead atoms. The Hall–Kier alpha value is -5.36. The molecule has 2 heterocycles. The van der Waals surface area contributed by atoms with Gasteiger partial charge in [-0.1, -0.05) is 60.7 Å². The maximum absolute atomic E-state index is 13.3. The number of hydrogen-bond acceptors (Lipinski definition) is 9. The van der Waals surface area contributed by atoms with Crippen molar-refractivity contribution in [3.63, 3.8) is 0 Å². The number of fused-ring (bicyclic) bond motifs is 1. The lowest BCUT2D eigenvalue weighted by Gasteiger charge is -2.35. The van der Waals surface area contributed by atoms with Crippen molar-refractivity contribution in [3.05, 3.63) is 119 Å². The SMILES string of the molecule is COC(=O)C1=C(C(=O)OC)N(c2ccc3oc(CCc4ccccc4)nc3c2)C(N)=C(C#N)C1c1ccccc1. The van der Waals surface area contributed by atoms with E-state index in [1.165, 1.54) is 19.1 Å². The second kappa shape index (κ2) is 11.2. The molecule has 0 saturated heterocycles. The highest BCUT2D eigenvalue weighted by Crippen LogP contribution is 2.43. The Bertz CT molecular complexity index is 1680. The number of nitrogens with two attached hydrogens (primary N) is 1. The highest BCUT2D eigenvalue weighted by molar-refractivity contribution is 6.06. The van der Waals surface area contributed by atoms with Crippen LogP contribution in [0.15, 0.2) is 106 Å². The van der Waals surface area contributed by atoms with E-state index in [1.54, 1.807) is 42.5 Å². The van der Waals surface area contributed by atoms with Crippen LogP contribution in [0.1, 0.15) is 22.9 Å². The van der Waals surface area contributed by atoms with Gasteiger partial charge in [-0.15, -0.1) is 0 Å². The Labute approximate surface area is 230 Å². The third-order valence-electron chi connectivity index (χ3n) is 6.75. The Morgan fingerprint density at radius 1 is 0.975 bits per heavy atom. The predicted octanol–water partition coefficient (Wildman–Crippen LogP) is 4.51. The van der Waals surface area contributed by atoms with Crippen LogP contribution in [-0.2, 0) is 31.9 Å². The van der Waals surface area contributed by atoms with Crippen LogP contribution in [0.2, 0.25) is 0 Å². The zero-order valence-corrected chi connectivity index (χ0v) is 22.0. The number of carbonyl (C=O) groups excluding carboxylic acids is 2. The number of nitrogens with zero attached hydrogens (tertiary/aromatic N) is 3. The van der Waals surface area contributed by atoms with Crippen molar-refractivity contribution < 1.29 is 23.5 Å². The van der Waals surface area contributed by atoms with E-state index < -0.39 is 17.9 Å². The lowest BCUT2D eigenvalue weighted by Crippen LogP contribution is -2.40. The molecule has 1 aliphatic heterocycles. The van der Waals surface area contributed by atoms with E-state index in [0.29, 0.717) is 34.7 Å². The molecule has 1 unspecified atom stereocenters. The zero-order valence-electron chi connectivity index (χ0n) is 22.0. The number of benzene rings is 3. The quantitative estimate of drug-likeness (QED) is 0.340. The van der Waals surface area contributed by atoms with Gasteiger partial charge in [0.05, 0.1) is 43.0 Å². The molecular formula is C31H26N4O5. The average Bonchev–Trinajstić information content (AvgIpc) is 3.41. The van der Waals surface area contributed by atoms with Crippen LogP contribution in [0, 0.1) is 11.3 Å². The van der Waals surface area contributed by atoms with Gasteiger partial charge in [-0.25, -0.2) is 14.6 Å².